The maximum atomic E-state index is 10.9. The van der Waals surface area contributed by atoms with Gasteiger partial charge in [0.25, 0.3) is 10.2 Å². The summed E-state index contributed by atoms with van der Waals surface area (Å²) in [6.45, 7) is 0. The molecule has 0 aromatic heterocycles. The maximum Gasteiger partial charge on any atom is 0.274 e. The SMILES string of the molecule is NS(=O)(=O)NC1CCc2ccccc2C1. The van der Waals surface area contributed by atoms with E-state index in [2.05, 4.69) is 10.8 Å². The molecule has 0 amide bonds. The van der Waals surface area contributed by atoms with Crippen molar-refractivity contribution >= 4 is 10.2 Å². The van der Waals surface area contributed by atoms with Gasteiger partial charge in [-0.15, -0.1) is 0 Å². The van der Waals surface area contributed by atoms with E-state index in [4.69, 9.17) is 5.14 Å². The van der Waals surface area contributed by atoms with Crippen molar-refractivity contribution in [2.24, 2.45) is 5.14 Å². The maximum absolute atomic E-state index is 10.9. The van der Waals surface area contributed by atoms with E-state index in [-0.39, 0.29) is 6.04 Å². The Hall–Kier alpha value is -0.910. The van der Waals surface area contributed by atoms with Crippen LogP contribution >= 0.6 is 0 Å². The standard InChI is InChI=1S/C10H14N2O2S/c11-15(13,14)12-10-6-5-8-3-1-2-4-9(8)7-10/h1-4,10,12H,5-7H2,(H2,11,13,14). The highest BCUT2D eigenvalue weighted by Crippen LogP contribution is 2.20. The molecular formula is C10H14N2O2S. The first-order valence-electron chi connectivity index (χ1n) is 4.91. The summed E-state index contributed by atoms with van der Waals surface area (Å²) in [6.07, 6.45) is 2.45. The van der Waals surface area contributed by atoms with Gasteiger partial charge in [-0.25, -0.2) is 5.14 Å². The summed E-state index contributed by atoms with van der Waals surface area (Å²) >= 11 is 0. The van der Waals surface area contributed by atoms with Crippen molar-refractivity contribution in [3.8, 4) is 0 Å². The second kappa shape index (κ2) is 3.92. The molecule has 2 rings (SSSR count). The molecule has 82 valence electrons. The van der Waals surface area contributed by atoms with Crippen LogP contribution in [0.5, 0.6) is 0 Å². The number of nitrogens with two attached hydrogens (primary N) is 1. The van der Waals surface area contributed by atoms with Gasteiger partial charge in [0, 0.05) is 6.04 Å². The largest absolute Gasteiger partial charge is 0.274 e. The van der Waals surface area contributed by atoms with Gasteiger partial charge in [0.05, 0.1) is 0 Å². The van der Waals surface area contributed by atoms with Crippen LogP contribution in [0.4, 0.5) is 0 Å². The Balaban J connectivity index is 2.12. The van der Waals surface area contributed by atoms with E-state index >= 15 is 0 Å². The van der Waals surface area contributed by atoms with Crippen molar-refractivity contribution in [2.45, 2.75) is 25.3 Å². The first kappa shape index (κ1) is 10.6. The van der Waals surface area contributed by atoms with Crippen molar-refractivity contribution in [3.63, 3.8) is 0 Å². The van der Waals surface area contributed by atoms with Crippen molar-refractivity contribution in [1.82, 2.24) is 4.72 Å². The van der Waals surface area contributed by atoms with Crippen molar-refractivity contribution < 1.29 is 8.42 Å². The highest BCUT2D eigenvalue weighted by Gasteiger charge is 2.20. The molecule has 1 aliphatic rings. The van der Waals surface area contributed by atoms with Crippen LogP contribution in [0.15, 0.2) is 24.3 Å². The fraction of sp³-hybridized carbons (Fsp3) is 0.400. The molecule has 1 aromatic carbocycles. The number of rotatable bonds is 2. The number of hydrogen-bond acceptors (Lipinski definition) is 2. The van der Waals surface area contributed by atoms with Gasteiger partial charge in [0.1, 0.15) is 0 Å². The quantitative estimate of drug-likeness (QED) is 0.763. The molecular weight excluding hydrogens is 212 g/mol. The van der Waals surface area contributed by atoms with Crippen LogP contribution in [-0.2, 0) is 23.1 Å². The third kappa shape index (κ3) is 2.77. The Morgan fingerprint density at radius 1 is 1.27 bits per heavy atom. The Morgan fingerprint density at radius 3 is 2.60 bits per heavy atom. The van der Waals surface area contributed by atoms with Gasteiger partial charge in [-0.1, -0.05) is 24.3 Å². The molecule has 0 aliphatic heterocycles. The summed E-state index contributed by atoms with van der Waals surface area (Å²) in [7, 11) is -3.58. The molecule has 4 nitrogen and oxygen atoms in total. The first-order chi connectivity index (χ1) is 7.04. The van der Waals surface area contributed by atoms with E-state index in [0.717, 1.165) is 19.3 Å². The molecule has 1 unspecified atom stereocenters. The highest BCUT2D eigenvalue weighted by molar-refractivity contribution is 7.87. The molecule has 15 heavy (non-hydrogen) atoms. The first-order valence-corrected chi connectivity index (χ1v) is 6.46. The van der Waals surface area contributed by atoms with Crippen LogP contribution in [0.1, 0.15) is 17.5 Å². The molecule has 1 atom stereocenters. The van der Waals surface area contributed by atoms with Crippen LogP contribution < -0.4 is 9.86 Å². The number of nitrogens with one attached hydrogen (secondary N) is 1. The van der Waals surface area contributed by atoms with Crippen LogP contribution in [0.25, 0.3) is 0 Å². The summed E-state index contributed by atoms with van der Waals surface area (Å²) in [4.78, 5) is 0. The number of fused-ring (bicyclic) bond motifs is 1. The van der Waals surface area contributed by atoms with Gasteiger partial charge in [0.15, 0.2) is 0 Å². The predicted molar refractivity (Wildman–Crippen MR) is 58.5 cm³/mol. The smallest absolute Gasteiger partial charge is 0.216 e. The molecule has 0 fully saturated rings. The van der Waals surface area contributed by atoms with Crippen molar-refractivity contribution in [1.29, 1.82) is 0 Å². The molecule has 0 radical (unpaired) electrons. The molecule has 0 spiro atoms. The van der Waals surface area contributed by atoms with Crippen molar-refractivity contribution in [2.75, 3.05) is 0 Å². The van der Waals surface area contributed by atoms with Gasteiger partial charge in [0.2, 0.25) is 0 Å². The van der Waals surface area contributed by atoms with Gasteiger partial charge >= 0.3 is 0 Å². The topological polar surface area (TPSA) is 72.2 Å². The zero-order chi connectivity index (χ0) is 10.9. The highest BCUT2D eigenvalue weighted by atomic mass is 32.2. The lowest BCUT2D eigenvalue weighted by atomic mass is 9.89. The molecule has 1 aromatic rings. The number of benzene rings is 1. The molecule has 5 heteroatoms. The van der Waals surface area contributed by atoms with E-state index in [9.17, 15) is 8.42 Å². The molecule has 0 heterocycles. The van der Waals surface area contributed by atoms with Crippen molar-refractivity contribution in [3.05, 3.63) is 35.4 Å². The Labute approximate surface area is 89.7 Å². The van der Waals surface area contributed by atoms with Crippen LogP contribution in [0, 0.1) is 0 Å². The fourth-order valence-electron chi connectivity index (χ4n) is 2.03. The summed E-state index contributed by atoms with van der Waals surface area (Å²) < 4.78 is 24.2. The third-order valence-electron chi connectivity index (χ3n) is 2.68. The Bertz CT molecular complexity index is 456. The summed E-state index contributed by atoms with van der Waals surface area (Å²) in [6, 6.07) is 8.04. The minimum Gasteiger partial charge on any atom is -0.216 e. The second-order valence-electron chi connectivity index (χ2n) is 3.87. The van der Waals surface area contributed by atoms with Gasteiger partial charge in [-0.2, -0.15) is 13.1 Å². The Morgan fingerprint density at radius 2 is 1.93 bits per heavy atom. The lowest BCUT2D eigenvalue weighted by Gasteiger charge is -2.24. The average molecular weight is 226 g/mol. The van der Waals surface area contributed by atoms with Gasteiger partial charge in [-0.05, 0) is 30.4 Å². The minimum absolute atomic E-state index is 0.0603. The van der Waals surface area contributed by atoms with Gasteiger partial charge in [-0.3, -0.25) is 0 Å². The molecule has 1 aliphatic carbocycles. The van der Waals surface area contributed by atoms with E-state index in [0.29, 0.717) is 0 Å². The van der Waals surface area contributed by atoms with Crippen LogP contribution in [0.2, 0.25) is 0 Å². The molecule has 0 saturated carbocycles. The second-order valence-corrected chi connectivity index (χ2v) is 5.20. The van der Waals surface area contributed by atoms with E-state index in [1.807, 2.05) is 18.2 Å². The molecule has 3 N–H and O–H groups in total. The number of hydrogen-bond donors (Lipinski definition) is 2. The van der Waals surface area contributed by atoms with E-state index in [1.54, 1.807) is 0 Å². The summed E-state index contributed by atoms with van der Waals surface area (Å²) in [5.41, 5.74) is 2.52. The zero-order valence-electron chi connectivity index (χ0n) is 8.31. The fourth-order valence-corrected chi connectivity index (χ4v) is 2.70. The lowest BCUT2D eigenvalue weighted by molar-refractivity contribution is 0.508. The normalized spacial score (nSPS) is 21.0. The van der Waals surface area contributed by atoms with E-state index in [1.165, 1.54) is 11.1 Å². The molecule has 0 bridgehead atoms. The Kier molecular flexibility index (Phi) is 2.77. The lowest BCUT2D eigenvalue weighted by Crippen LogP contribution is -2.42. The predicted octanol–water partition coefficient (Wildman–Crippen LogP) is 0.337. The number of aryl methyl sites for hydroxylation is 1. The molecule has 0 saturated heterocycles. The summed E-state index contributed by atoms with van der Waals surface area (Å²) in [5.74, 6) is 0. The van der Waals surface area contributed by atoms with Crippen LogP contribution in [-0.4, -0.2) is 14.5 Å². The van der Waals surface area contributed by atoms with Gasteiger partial charge < -0.3 is 0 Å². The monoisotopic (exact) mass is 226 g/mol. The summed E-state index contributed by atoms with van der Waals surface area (Å²) in [5, 5.41) is 4.95. The van der Waals surface area contributed by atoms with Crippen LogP contribution in [0.3, 0.4) is 0 Å². The van der Waals surface area contributed by atoms with E-state index < -0.39 is 10.2 Å². The third-order valence-corrected chi connectivity index (χ3v) is 3.34. The average Bonchev–Trinajstić information content (AvgIpc) is 2.15. The zero-order valence-corrected chi connectivity index (χ0v) is 9.13. The minimum atomic E-state index is -3.58.